The van der Waals surface area contributed by atoms with E-state index in [2.05, 4.69) is 85.8 Å². The number of nitrogens with one attached hydrogen (secondary N) is 1. The van der Waals surface area contributed by atoms with E-state index >= 15 is 0 Å². The molecule has 3 radical (unpaired) electrons. The van der Waals surface area contributed by atoms with Gasteiger partial charge in [-0.25, -0.2) is 0 Å². The molecule has 0 amide bonds. The van der Waals surface area contributed by atoms with Crippen molar-refractivity contribution in [2.75, 3.05) is 6.54 Å². The minimum atomic E-state index is 0. The van der Waals surface area contributed by atoms with Crippen LogP contribution in [0.4, 0.5) is 0 Å². The second-order valence-corrected chi connectivity index (χ2v) is 7.47. The third-order valence-electron chi connectivity index (χ3n) is 3.71. The van der Waals surface area contributed by atoms with Crippen LogP contribution in [-0.2, 0) is 13.0 Å². The van der Waals surface area contributed by atoms with Gasteiger partial charge in [-0.15, -0.1) is 0 Å². The molecule has 1 aliphatic rings. The van der Waals surface area contributed by atoms with Crippen LogP contribution in [0.15, 0.2) is 54.9 Å². The number of hydrogen-bond donors (Lipinski definition) is 1. The Morgan fingerprint density at radius 1 is 1.00 bits per heavy atom. The van der Waals surface area contributed by atoms with Gasteiger partial charge in [0.1, 0.15) is 0 Å². The van der Waals surface area contributed by atoms with Gasteiger partial charge in [0.05, 0.1) is 0 Å². The van der Waals surface area contributed by atoms with Crippen molar-refractivity contribution in [2.45, 2.75) is 13.0 Å². The van der Waals surface area contributed by atoms with E-state index in [0.29, 0.717) is 0 Å². The Hall–Kier alpha value is 0.335. The minimum absolute atomic E-state index is 0. The fraction of sp³-hybridized carbons (Fsp3) is 0.167. The molecule has 0 saturated heterocycles. The van der Waals surface area contributed by atoms with E-state index in [1.54, 1.807) is 5.56 Å². The Bertz CT molecular complexity index is 800. The fourth-order valence-electron chi connectivity index (χ4n) is 2.57. The van der Waals surface area contributed by atoms with Gasteiger partial charge in [-0.05, 0) is 92.9 Å². The monoisotopic (exact) mass is 549 g/mol. The van der Waals surface area contributed by atoms with E-state index in [-0.39, 0.29) is 39.4 Å². The van der Waals surface area contributed by atoms with Gasteiger partial charge in [-0.2, -0.15) is 0 Å². The molecule has 2 heterocycles. The standard InChI is InChI=1S/C9H10IN.C9H6IN.B.Na.H/c2*10-9-3-1-2-7-6-11-5-4-8(7)9;;;/h1-3,11H,4-6H2;1-6H;;;/q;;;+1;-1. The Morgan fingerprint density at radius 2 is 1.75 bits per heavy atom. The van der Waals surface area contributed by atoms with Crippen molar-refractivity contribution in [3.05, 3.63) is 73.1 Å². The molecule has 0 unspecified atom stereocenters. The number of halogens is 2. The predicted octanol–water partition coefficient (Wildman–Crippen LogP) is 1.51. The first-order chi connectivity index (χ1) is 10.8. The number of hydrogen-bond acceptors (Lipinski definition) is 2. The van der Waals surface area contributed by atoms with Gasteiger partial charge >= 0.3 is 29.6 Å². The Balaban J connectivity index is 0.000000411. The molecule has 1 N–H and O–H groups in total. The zero-order valence-corrected chi connectivity index (χ0v) is 19.9. The quantitative estimate of drug-likeness (QED) is 0.340. The summed E-state index contributed by atoms with van der Waals surface area (Å²) in [6, 6.07) is 14.8. The molecule has 4 rings (SSSR count). The topological polar surface area (TPSA) is 24.9 Å². The SMILES string of the molecule is Ic1cccc2c1CCNC2.Ic1cccc2cnccc12.[B].[H-].[Na+]. The molecule has 0 spiro atoms. The molecule has 0 fully saturated rings. The van der Waals surface area contributed by atoms with E-state index in [1.165, 1.54) is 29.9 Å². The number of aromatic nitrogens is 1. The maximum Gasteiger partial charge on any atom is 1.00 e. The molecule has 1 aromatic heterocycles. The van der Waals surface area contributed by atoms with Crippen LogP contribution in [0, 0.1) is 7.14 Å². The Labute approximate surface area is 196 Å². The minimum Gasteiger partial charge on any atom is -1.00 e. The normalized spacial score (nSPS) is 12.1. The summed E-state index contributed by atoms with van der Waals surface area (Å²) in [7, 11) is 0. The van der Waals surface area contributed by atoms with Gasteiger partial charge in [0.25, 0.3) is 0 Å². The van der Waals surface area contributed by atoms with Gasteiger partial charge in [0.15, 0.2) is 0 Å². The van der Waals surface area contributed by atoms with Crippen LogP contribution in [0.3, 0.4) is 0 Å². The van der Waals surface area contributed by atoms with Gasteiger partial charge in [-0.3, -0.25) is 4.98 Å². The van der Waals surface area contributed by atoms with Gasteiger partial charge in [0.2, 0.25) is 0 Å². The molecule has 6 heteroatoms. The summed E-state index contributed by atoms with van der Waals surface area (Å²) in [5.41, 5.74) is 3.02. The van der Waals surface area contributed by atoms with E-state index < -0.39 is 0 Å². The zero-order valence-electron chi connectivity index (χ0n) is 14.6. The van der Waals surface area contributed by atoms with Crippen LogP contribution in [-0.4, -0.2) is 19.9 Å². The van der Waals surface area contributed by atoms with E-state index in [4.69, 9.17) is 0 Å². The summed E-state index contributed by atoms with van der Waals surface area (Å²) in [5.74, 6) is 0. The second kappa shape index (κ2) is 11.1. The molecule has 3 aromatic rings. The molecular weight excluding hydrogens is 532 g/mol. The number of pyridine rings is 1. The molecule has 0 aliphatic carbocycles. The van der Waals surface area contributed by atoms with E-state index in [0.717, 1.165) is 13.1 Å². The van der Waals surface area contributed by atoms with Crippen molar-refractivity contribution in [3.63, 3.8) is 0 Å². The zero-order chi connectivity index (χ0) is 15.4. The first-order valence-corrected chi connectivity index (χ1v) is 9.36. The molecule has 2 nitrogen and oxygen atoms in total. The van der Waals surface area contributed by atoms with E-state index in [1.807, 2.05) is 24.5 Å². The summed E-state index contributed by atoms with van der Waals surface area (Å²) < 4.78 is 2.70. The molecule has 0 bridgehead atoms. The van der Waals surface area contributed by atoms with Crippen molar-refractivity contribution in [1.29, 1.82) is 0 Å². The maximum atomic E-state index is 4.05. The van der Waals surface area contributed by atoms with Gasteiger partial charge in [-0.1, -0.05) is 24.3 Å². The number of rotatable bonds is 0. The van der Waals surface area contributed by atoms with Crippen LogP contribution >= 0.6 is 45.2 Å². The molecule has 117 valence electrons. The number of benzene rings is 2. The van der Waals surface area contributed by atoms with Gasteiger partial charge in [0, 0.05) is 39.9 Å². The number of nitrogens with zero attached hydrogens (tertiary/aromatic N) is 1. The maximum absolute atomic E-state index is 4.05. The van der Waals surface area contributed by atoms with Crippen molar-refractivity contribution in [3.8, 4) is 0 Å². The van der Waals surface area contributed by atoms with Crippen molar-refractivity contribution < 1.29 is 31.0 Å². The summed E-state index contributed by atoms with van der Waals surface area (Å²) in [6.45, 7) is 2.18. The molecule has 1 aliphatic heterocycles. The molecule has 0 saturated carbocycles. The average molecular weight is 549 g/mol. The Morgan fingerprint density at radius 3 is 2.50 bits per heavy atom. The van der Waals surface area contributed by atoms with Crippen LogP contribution in [0.1, 0.15) is 12.6 Å². The van der Waals surface area contributed by atoms with E-state index in [9.17, 15) is 0 Å². The average Bonchev–Trinajstić information content (AvgIpc) is 2.57. The largest absolute Gasteiger partial charge is 1.00 e. The smallest absolute Gasteiger partial charge is 1.00 e. The second-order valence-electron chi connectivity index (χ2n) is 5.14. The van der Waals surface area contributed by atoms with Crippen molar-refractivity contribution in [1.82, 2.24) is 10.3 Å². The van der Waals surface area contributed by atoms with Crippen LogP contribution in [0.5, 0.6) is 0 Å². The summed E-state index contributed by atoms with van der Waals surface area (Å²) in [4.78, 5) is 4.05. The van der Waals surface area contributed by atoms with Gasteiger partial charge < -0.3 is 6.74 Å². The third-order valence-corrected chi connectivity index (χ3v) is 5.66. The first kappa shape index (κ1) is 22.4. The molecular formula is C18H17BI2N2Na. The fourth-order valence-corrected chi connectivity index (χ4v) is 4.09. The number of fused-ring (bicyclic) bond motifs is 2. The summed E-state index contributed by atoms with van der Waals surface area (Å²) in [5, 5.41) is 5.85. The van der Waals surface area contributed by atoms with Crippen molar-refractivity contribution >= 4 is 64.4 Å². The summed E-state index contributed by atoms with van der Waals surface area (Å²) in [6.07, 6.45) is 4.90. The first-order valence-electron chi connectivity index (χ1n) is 7.21. The van der Waals surface area contributed by atoms with Crippen LogP contribution in [0.2, 0.25) is 0 Å². The van der Waals surface area contributed by atoms with Crippen molar-refractivity contribution in [2.24, 2.45) is 0 Å². The molecule has 0 atom stereocenters. The predicted molar refractivity (Wildman–Crippen MR) is 116 cm³/mol. The Kier molecular flexibility index (Phi) is 10.4. The van der Waals surface area contributed by atoms with Crippen LogP contribution in [0.25, 0.3) is 10.8 Å². The summed E-state index contributed by atoms with van der Waals surface area (Å²) >= 11 is 4.75. The third kappa shape index (κ3) is 5.67. The van der Waals surface area contributed by atoms with Crippen LogP contribution < -0.4 is 34.9 Å². The molecule has 2 aromatic carbocycles. The molecule has 24 heavy (non-hydrogen) atoms.